The van der Waals surface area contributed by atoms with E-state index in [1.165, 1.54) is 27.5 Å². The van der Waals surface area contributed by atoms with E-state index >= 15 is 0 Å². The first-order valence-corrected chi connectivity index (χ1v) is 7.52. The quantitative estimate of drug-likeness (QED) is 0.656. The molecule has 0 atom stereocenters. The molecule has 0 fully saturated rings. The van der Waals surface area contributed by atoms with Crippen LogP contribution in [0.15, 0.2) is 47.5 Å². The lowest BCUT2D eigenvalue weighted by atomic mass is 10.2. The minimum absolute atomic E-state index is 0.335. The lowest BCUT2D eigenvalue weighted by Crippen LogP contribution is -2.30. The molecule has 2 heterocycles. The minimum atomic E-state index is -4.43. The van der Waals surface area contributed by atoms with Gasteiger partial charge in [0.15, 0.2) is 0 Å². The highest BCUT2D eigenvalue weighted by molar-refractivity contribution is 7.71. The van der Waals surface area contributed by atoms with Gasteiger partial charge in [0.2, 0.25) is 0 Å². The van der Waals surface area contributed by atoms with E-state index in [2.05, 4.69) is 4.98 Å². The van der Waals surface area contributed by atoms with Gasteiger partial charge in [0, 0.05) is 18.9 Å². The molecule has 24 heavy (non-hydrogen) atoms. The maximum Gasteiger partial charge on any atom is 0.416 e. The molecule has 0 saturated heterocycles. The highest BCUT2D eigenvalue weighted by atomic mass is 32.1. The van der Waals surface area contributed by atoms with Crippen LogP contribution in [-0.4, -0.2) is 14.1 Å². The summed E-state index contributed by atoms with van der Waals surface area (Å²) in [6.07, 6.45) is -1.37. The number of hydrogen-bond acceptors (Lipinski definition) is 3. The van der Waals surface area contributed by atoms with Gasteiger partial charge in [0.05, 0.1) is 22.2 Å². The Balaban J connectivity index is 2.34. The Labute approximate surface area is 139 Å². The number of halogens is 3. The molecule has 3 rings (SSSR count). The molecule has 0 unspecified atom stereocenters. The van der Waals surface area contributed by atoms with Gasteiger partial charge in [-0.3, -0.25) is 14.1 Å². The predicted molar refractivity (Wildman–Crippen MR) is 86.8 cm³/mol. The van der Waals surface area contributed by atoms with Crippen LogP contribution < -0.4 is 5.69 Å². The lowest BCUT2D eigenvalue weighted by Gasteiger charge is -2.15. The van der Waals surface area contributed by atoms with E-state index in [-0.39, 0.29) is 0 Å². The zero-order valence-corrected chi connectivity index (χ0v) is 13.4. The molecule has 0 bridgehead atoms. The largest absolute Gasteiger partial charge is 0.416 e. The molecule has 0 aliphatic rings. The average molecular weight is 351 g/mol. The van der Waals surface area contributed by atoms with Gasteiger partial charge in [-0.05, 0) is 37.3 Å². The lowest BCUT2D eigenvalue weighted by molar-refractivity contribution is -0.137. The van der Waals surface area contributed by atoms with E-state index in [4.69, 9.17) is 12.2 Å². The molecule has 4 nitrogen and oxygen atoms in total. The van der Waals surface area contributed by atoms with Crippen molar-refractivity contribution in [2.75, 3.05) is 0 Å². The highest BCUT2D eigenvalue weighted by Gasteiger charge is 2.30. The van der Waals surface area contributed by atoms with Crippen molar-refractivity contribution in [3.63, 3.8) is 0 Å². The first kappa shape index (κ1) is 16.4. The fourth-order valence-electron chi connectivity index (χ4n) is 2.53. The summed E-state index contributed by atoms with van der Waals surface area (Å²) in [6.45, 7) is 2.12. The molecule has 0 N–H and O–H groups in total. The summed E-state index contributed by atoms with van der Waals surface area (Å²) < 4.78 is 41.3. The summed E-state index contributed by atoms with van der Waals surface area (Å²) in [5.41, 5.74) is -0.333. The van der Waals surface area contributed by atoms with Gasteiger partial charge in [-0.25, -0.2) is 4.79 Å². The van der Waals surface area contributed by atoms with Gasteiger partial charge in [0.25, 0.3) is 0 Å². The molecule has 2 aromatic heterocycles. The summed E-state index contributed by atoms with van der Waals surface area (Å²) in [6, 6.07) is 6.06. The summed E-state index contributed by atoms with van der Waals surface area (Å²) in [5.74, 6) is 0. The molecule has 3 aromatic rings. The van der Waals surface area contributed by atoms with E-state index in [0.29, 0.717) is 27.8 Å². The minimum Gasteiger partial charge on any atom is -0.284 e. The van der Waals surface area contributed by atoms with Crippen LogP contribution in [-0.2, 0) is 12.7 Å². The normalized spacial score (nSPS) is 11.8. The second-order valence-electron chi connectivity index (χ2n) is 5.10. The van der Waals surface area contributed by atoms with Crippen LogP contribution in [0, 0.1) is 4.64 Å². The molecule has 1 aromatic carbocycles. The van der Waals surface area contributed by atoms with Crippen molar-refractivity contribution in [2.45, 2.75) is 19.6 Å². The summed E-state index contributed by atoms with van der Waals surface area (Å²) in [5, 5.41) is 0.592. The van der Waals surface area contributed by atoms with Crippen molar-refractivity contribution < 1.29 is 13.2 Å². The Bertz CT molecular complexity index is 1020. The first-order valence-electron chi connectivity index (χ1n) is 7.12. The number of fused-ring (bicyclic) bond motifs is 1. The van der Waals surface area contributed by atoms with Crippen molar-refractivity contribution >= 4 is 23.1 Å². The van der Waals surface area contributed by atoms with Crippen molar-refractivity contribution in [3.05, 3.63) is 63.4 Å². The fraction of sp³-hybridized carbons (Fsp3) is 0.188. The number of aromatic nitrogens is 3. The Hall–Kier alpha value is -2.48. The molecule has 0 amide bonds. The third-order valence-electron chi connectivity index (χ3n) is 3.71. The third-order valence-corrected chi connectivity index (χ3v) is 4.15. The Morgan fingerprint density at radius 3 is 2.42 bits per heavy atom. The maximum absolute atomic E-state index is 12.7. The fourth-order valence-corrected chi connectivity index (χ4v) is 2.90. The number of nitrogens with zero attached hydrogens (tertiary/aromatic N) is 3. The number of rotatable bonds is 2. The SMILES string of the molecule is CCn1c(=S)c2cnccc2n(-c2ccc(C(F)(F)F)cc2)c1=O. The van der Waals surface area contributed by atoms with E-state index in [9.17, 15) is 18.0 Å². The molecule has 124 valence electrons. The second-order valence-corrected chi connectivity index (χ2v) is 5.49. The van der Waals surface area contributed by atoms with Crippen LogP contribution in [0.2, 0.25) is 0 Å². The molecule has 0 aliphatic carbocycles. The number of hydrogen-bond donors (Lipinski definition) is 0. The van der Waals surface area contributed by atoms with Crippen molar-refractivity contribution in [2.24, 2.45) is 0 Å². The van der Waals surface area contributed by atoms with Crippen LogP contribution >= 0.6 is 12.2 Å². The topological polar surface area (TPSA) is 39.8 Å². The van der Waals surface area contributed by atoms with Crippen molar-refractivity contribution in [3.8, 4) is 5.69 Å². The van der Waals surface area contributed by atoms with Crippen molar-refractivity contribution in [1.29, 1.82) is 0 Å². The van der Waals surface area contributed by atoms with Crippen LogP contribution in [0.3, 0.4) is 0 Å². The van der Waals surface area contributed by atoms with Crippen LogP contribution in [0.4, 0.5) is 13.2 Å². The van der Waals surface area contributed by atoms with Crippen LogP contribution in [0.5, 0.6) is 0 Å². The van der Waals surface area contributed by atoms with E-state index in [1.807, 2.05) is 0 Å². The first-order chi connectivity index (χ1) is 11.3. The van der Waals surface area contributed by atoms with Crippen molar-refractivity contribution in [1.82, 2.24) is 14.1 Å². The standard InChI is InChI=1S/C16H12F3N3OS/c1-2-21-14(24)12-9-20-8-7-13(12)22(15(21)23)11-5-3-10(4-6-11)16(17,18)19/h3-9H,2H2,1H3. The van der Waals surface area contributed by atoms with Gasteiger partial charge in [-0.15, -0.1) is 0 Å². The maximum atomic E-state index is 12.7. The molecular formula is C16H12F3N3OS. The highest BCUT2D eigenvalue weighted by Crippen LogP contribution is 2.29. The predicted octanol–water partition coefficient (Wildman–Crippen LogP) is 3.96. The third kappa shape index (κ3) is 2.62. The number of benzene rings is 1. The van der Waals surface area contributed by atoms with Gasteiger partial charge in [0.1, 0.15) is 4.64 Å². The smallest absolute Gasteiger partial charge is 0.284 e. The van der Waals surface area contributed by atoms with Gasteiger partial charge in [-0.2, -0.15) is 13.2 Å². The molecule has 0 saturated carbocycles. The van der Waals surface area contributed by atoms with Gasteiger partial charge < -0.3 is 0 Å². The van der Waals surface area contributed by atoms with Crippen LogP contribution in [0.25, 0.3) is 16.6 Å². The molecule has 8 heteroatoms. The van der Waals surface area contributed by atoms with E-state index < -0.39 is 17.4 Å². The number of pyridine rings is 1. The monoisotopic (exact) mass is 351 g/mol. The Kier molecular flexibility index (Phi) is 4.00. The van der Waals surface area contributed by atoms with Crippen LogP contribution in [0.1, 0.15) is 12.5 Å². The second kappa shape index (κ2) is 5.86. The molecule has 0 spiro atoms. The Morgan fingerprint density at radius 2 is 1.83 bits per heavy atom. The molecule has 0 aliphatic heterocycles. The zero-order valence-electron chi connectivity index (χ0n) is 12.5. The zero-order chi connectivity index (χ0) is 17.5. The van der Waals surface area contributed by atoms with E-state index in [0.717, 1.165) is 12.1 Å². The Morgan fingerprint density at radius 1 is 1.17 bits per heavy atom. The number of alkyl halides is 3. The van der Waals surface area contributed by atoms with Gasteiger partial charge in [-0.1, -0.05) is 12.2 Å². The van der Waals surface area contributed by atoms with E-state index in [1.54, 1.807) is 19.2 Å². The molecular weight excluding hydrogens is 339 g/mol. The summed E-state index contributed by atoms with van der Waals surface area (Å²) in [7, 11) is 0. The summed E-state index contributed by atoms with van der Waals surface area (Å²) in [4.78, 5) is 16.7. The molecule has 0 radical (unpaired) electrons. The van der Waals surface area contributed by atoms with Gasteiger partial charge >= 0.3 is 11.9 Å². The summed E-state index contributed by atoms with van der Waals surface area (Å²) >= 11 is 5.32. The average Bonchev–Trinajstić information content (AvgIpc) is 2.55.